The van der Waals surface area contributed by atoms with Gasteiger partial charge in [0.15, 0.2) is 5.13 Å². The van der Waals surface area contributed by atoms with E-state index in [1.165, 1.54) is 0 Å². The number of hydrogen-bond acceptors (Lipinski definition) is 7. The van der Waals surface area contributed by atoms with E-state index in [0.29, 0.717) is 0 Å². The Morgan fingerprint density at radius 3 is 3.00 bits per heavy atom. The average Bonchev–Trinajstić information content (AvgIpc) is 2.65. The molecule has 0 aromatic carbocycles. The second kappa shape index (κ2) is 4.77. The number of hydrogen-bond donors (Lipinski definition) is 3. The zero-order valence-corrected chi connectivity index (χ0v) is 8.23. The number of rotatable bonds is 4. The molecule has 0 spiro atoms. The summed E-state index contributed by atoms with van der Waals surface area (Å²) >= 11 is 0.718. The van der Waals surface area contributed by atoms with E-state index in [1.807, 2.05) is 0 Å². The molecule has 82 valence electrons. The molecule has 0 radical (unpaired) electrons. The highest BCUT2D eigenvalue weighted by atomic mass is 32.1. The molecule has 9 heteroatoms. The van der Waals surface area contributed by atoms with Crippen LogP contribution in [0.15, 0.2) is 6.20 Å². The summed E-state index contributed by atoms with van der Waals surface area (Å²) in [6.45, 7) is -0.501. The molecule has 15 heavy (non-hydrogen) atoms. The molecule has 0 saturated carbocycles. The molecule has 1 atom stereocenters. The first-order valence-electron chi connectivity index (χ1n) is 3.82. The van der Waals surface area contributed by atoms with Crippen LogP contribution in [0, 0.1) is 10.1 Å². The molecular formula is C6H8N4O4S. The van der Waals surface area contributed by atoms with E-state index >= 15 is 0 Å². The van der Waals surface area contributed by atoms with Gasteiger partial charge in [-0.25, -0.2) is 4.98 Å². The van der Waals surface area contributed by atoms with Gasteiger partial charge < -0.3 is 16.2 Å². The Kier molecular flexibility index (Phi) is 3.66. The van der Waals surface area contributed by atoms with E-state index in [2.05, 4.69) is 10.3 Å². The van der Waals surface area contributed by atoms with Crippen molar-refractivity contribution in [1.29, 1.82) is 0 Å². The van der Waals surface area contributed by atoms with E-state index in [0.717, 1.165) is 17.5 Å². The summed E-state index contributed by atoms with van der Waals surface area (Å²) in [5.74, 6) is -0.637. The van der Waals surface area contributed by atoms with Gasteiger partial charge in [0.25, 0.3) is 0 Å². The SMILES string of the molecule is NC(CO)C(=O)Nc1ncc([N+](=O)[O-])s1. The van der Waals surface area contributed by atoms with Gasteiger partial charge in [-0.1, -0.05) is 0 Å². The van der Waals surface area contributed by atoms with Crippen molar-refractivity contribution in [3.63, 3.8) is 0 Å². The van der Waals surface area contributed by atoms with Crippen LogP contribution in [-0.2, 0) is 4.79 Å². The molecule has 0 aliphatic rings. The van der Waals surface area contributed by atoms with Crippen molar-refractivity contribution in [1.82, 2.24) is 4.98 Å². The molecule has 8 nitrogen and oxygen atoms in total. The lowest BCUT2D eigenvalue weighted by molar-refractivity contribution is -0.380. The minimum Gasteiger partial charge on any atom is -0.394 e. The molecule has 0 bridgehead atoms. The van der Waals surface area contributed by atoms with E-state index in [4.69, 9.17) is 10.8 Å². The molecule has 1 heterocycles. The van der Waals surface area contributed by atoms with E-state index < -0.39 is 23.5 Å². The number of nitrogens with zero attached hydrogens (tertiary/aromatic N) is 2. The van der Waals surface area contributed by atoms with Crippen LogP contribution in [0.5, 0.6) is 0 Å². The number of carbonyl (C=O) groups excluding carboxylic acids is 1. The van der Waals surface area contributed by atoms with E-state index in [9.17, 15) is 14.9 Å². The van der Waals surface area contributed by atoms with Crippen LogP contribution in [-0.4, -0.2) is 33.6 Å². The van der Waals surface area contributed by atoms with Gasteiger partial charge in [0.1, 0.15) is 12.2 Å². The molecule has 4 N–H and O–H groups in total. The zero-order valence-electron chi connectivity index (χ0n) is 7.41. The molecule has 0 fully saturated rings. The minimum absolute atomic E-state index is 0.0793. The van der Waals surface area contributed by atoms with Crippen LogP contribution < -0.4 is 11.1 Å². The highest BCUT2D eigenvalue weighted by Gasteiger charge is 2.16. The Hall–Kier alpha value is -1.58. The zero-order chi connectivity index (χ0) is 11.4. The van der Waals surface area contributed by atoms with Gasteiger partial charge in [0, 0.05) is 0 Å². The fraction of sp³-hybridized carbons (Fsp3) is 0.333. The molecule has 0 aliphatic heterocycles. The van der Waals surface area contributed by atoms with Crippen molar-refractivity contribution in [2.24, 2.45) is 5.73 Å². The van der Waals surface area contributed by atoms with Crippen LogP contribution in [0.4, 0.5) is 10.1 Å². The second-order valence-corrected chi connectivity index (χ2v) is 3.55. The maximum absolute atomic E-state index is 11.1. The third-order valence-electron chi connectivity index (χ3n) is 1.44. The normalized spacial score (nSPS) is 12.1. The summed E-state index contributed by atoms with van der Waals surface area (Å²) in [6, 6.07) is -1.06. The fourth-order valence-corrected chi connectivity index (χ4v) is 1.32. The van der Waals surface area contributed by atoms with Gasteiger partial charge in [-0.15, -0.1) is 0 Å². The van der Waals surface area contributed by atoms with Crippen LogP contribution in [0.25, 0.3) is 0 Å². The summed E-state index contributed by atoms with van der Waals surface area (Å²) < 4.78 is 0. The smallest absolute Gasteiger partial charge is 0.345 e. The van der Waals surface area contributed by atoms with Gasteiger partial charge >= 0.3 is 5.00 Å². The number of amides is 1. The monoisotopic (exact) mass is 232 g/mol. The van der Waals surface area contributed by atoms with Crippen molar-refractivity contribution in [2.45, 2.75) is 6.04 Å². The second-order valence-electron chi connectivity index (χ2n) is 2.54. The maximum Gasteiger partial charge on any atom is 0.345 e. The van der Waals surface area contributed by atoms with Gasteiger partial charge in [0.2, 0.25) is 5.91 Å². The topological polar surface area (TPSA) is 131 Å². The van der Waals surface area contributed by atoms with Crippen molar-refractivity contribution in [2.75, 3.05) is 11.9 Å². The number of nitrogens with two attached hydrogens (primary N) is 1. The van der Waals surface area contributed by atoms with Gasteiger partial charge in [-0.3, -0.25) is 14.9 Å². The molecule has 1 unspecified atom stereocenters. The van der Waals surface area contributed by atoms with Gasteiger partial charge in [0.05, 0.1) is 11.5 Å². The fourth-order valence-electron chi connectivity index (χ4n) is 0.689. The number of aromatic nitrogens is 1. The Balaban J connectivity index is 2.65. The number of anilines is 1. The number of nitro groups is 1. The molecule has 0 saturated heterocycles. The van der Waals surface area contributed by atoms with Crippen LogP contribution >= 0.6 is 11.3 Å². The summed E-state index contributed by atoms with van der Waals surface area (Å²) in [5.41, 5.74) is 5.21. The highest BCUT2D eigenvalue weighted by molar-refractivity contribution is 7.18. The molecule has 1 aromatic rings. The Morgan fingerprint density at radius 1 is 1.87 bits per heavy atom. The number of carbonyl (C=O) groups is 1. The molecule has 1 rings (SSSR count). The first-order chi connectivity index (χ1) is 7.04. The largest absolute Gasteiger partial charge is 0.394 e. The van der Waals surface area contributed by atoms with Crippen molar-refractivity contribution in [3.8, 4) is 0 Å². The van der Waals surface area contributed by atoms with E-state index in [1.54, 1.807) is 0 Å². The third-order valence-corrected chi connectivity index (χ3v) is 2.30. The minimum atomic E-state index is -1.06. The Morgan fingerprint density at radius 2 is 2.53 bits per heavy atom. The molecule has 1 amide bonds. The molecule has 1 aromatic heterocycles. The predicted molar refractivity (Wildman–Crippen MR) is 52.5 cm³/mol. The quantitative estimate of drug-likeness (QED) is 0.465. The Labute approximate surface area is 87.9 Å². The third kappa shape index (κ3) is 2.94. The first-order valence-corrected chi connectivity index (χ1v) is 4.63. The lowest BCUT2D eigenvalue weighted by Gasteiger charge is -2.05. The standard InChI is InChI=1S/C6H8N4O4S/c7-3(2-11)5(12)9-6-8-1-4(15-6)10(13)14/h1,3,11H,2,7H2,(H,8,9,12). The summed E-state index contributed by atoms with van der Waals surface area (Å²) in [5, 5.41) is 21.0. The number of thiazole rings is 1. The molecule has 0 aliphatic carbocycles. The van der Waals surface area contributed by atoms with Crippen molar-refractivity contribution in [3.05, 3.63) is 16.3 Å². The van der Waals surface area contributed by atoms with Gasteiger partial charge in [-0.2, -0.15) is 0 Å². The summed E-state index contributed by atoms with van der Waals surface area (Å²) in [7, 11) is 0. The number of aliphatic hydroxyl groups is 1. The highest BCUT2D eigenvalue weighted by Crippen LogP contribution is 2.24. The van der Waals surface area contributed by atoms with Gasteiger partial charge in [-0.05, 0) is 11.3 Å². The van der Waals surface area contributed by atoms with Crippen LogP contribution in [0.3, 0.4) is 0 Å². The maximum atomic E-state index is 11.1. The van der Waals surface area contributed by atoms with Crippen LogP contribution in [0.1, 0.15) is 0 Å². The van der Waals surface area contributed by atoms with Crippen LogP contribution in [0.2, 0.25) is 0 Å². The van der Waals surface area contributed by atoms with Crippen molar-refractivity contribution < 1.29 is 14.8 Å². The lowest BCUT2D eigenvalue weighted by atomic mass is 10.3. The molecular weight excluding hydrogens is 224 g/mol. The first kappa shape index (κ1) is 11.5. The summed E-state index contributed by atoms with van der Waals surface area (Å²) in [6.07, 6.45) is 1.03. The average molecular weight is 232 g/mol. The predicted octanol–water partition coefficient (Wildman–Crippen LogP) is -0.691. The Bertz CT molecular complexity index is 379. The number of nitrogens with one attached hydrogen (secondary N) is 1. The lowest BCUT2D eigenvalue weighted by Crippen LogP contribution is -2.38. The number of aliphatic hydroxyl groups excluding tert-OH is 1. The summed E-state index contributed by atoms with van der Waals surface area (Å²) in [4.78, 5) is 24.4. The van der Waals surface area contributed by atoms with E-state index in [-0.39, 0.29) is 10.1 Å². The van der Waals surface area contributed by atoms with Crippen molar-refractivity contribution >= 4 is 27.4 Å².